The molecular weight excluding hydrogens is 312 g/mol. The second kappa shape index (κ2) is 5.62. The molecule has 0 aliphatic carbocycles. The Balaban J connectivity index is 2.17. The smallest absolute Gasteiger partial charge is 0.335 e. The fourth-order valence-corrected chi connectivity index (χ4v) is 1.67. The molecule has 19 heavy (non-hydrogen) atoms. The summed E-state index contributed by atoms with van der Waals surface area (Å²) in [5.74, 6) is -1.44. The van der Waals surface area contributed by atoms with Crippen molar-refractivity contribution in [2.45, 2.75) is 0 Å². The molecule has 0 fully saturated rings. The monoisotopic (exact) mass is 320 g/mol. The maximum Gasteiger partial charge on any atom is 0.335 e. The van der Waals surface area contributed by atoms with E-state index in [1.165, 1.54) is 18.3 Å². The molecule has 1 aromatic heterocycles. The van der Waals surface area contributed by atoms with Gasteiger partial charge in [-0.25, -0.2) is 9.78 Å². The average molecular weight is 321 g/mol. The summed E-state index contributed by atoms with van der Waals surface area (Å²) in [7, 11) is 0. The van der Waals surface area contributed by atoms with E-state index in [1.54, 1.807) is 24.3 Å². The summed E-state index contributed by atoms with van der Waals surface area (Å²) >= 11 is 3.23. The first-order valence-corrected chi connectivity index (χ1v) is 6.12. The number of carboxylic acids is 1. The van der Waals surface area contributed by atoms with Gasteiger partial charge in [-0.15, -0.1) is 0 Å². The molecule has 96 valence electrons. The van der Waals surface area contributed by atoms with E-state index in [-0.39, 0.29) is 11.3 Å². The summed E-state index contributed by atoms with van der Waals surface area (Å²) in [6.07, 6.45) is 1.52. The molecule has 0 bridgehead atoms. The molecule has 1 aromatic carbocycles. The average Bonchev–Trinajstić information content (AvgIpc) is 2.39. The number of rotatable bonds is 3. The quantitative estimate of drug-likeness (QED) is 0.911. The van der Waals surface area contributed by atoms with Crippen molar-refractivity contribution in [2.75, 3.05) is 5.32 Å². The van der Waals surface area contributed by atoms with Crippen LogP contribution in [0.4, 0.5) is 5.69 Å². The molecule has 5 nitrogen and oxygen atoms in total. The van der Waals surface area contributed by atoms with Crippen LogP contribution in [0.5, 0.6) is 0 Å². The fourth-order valence-electron chi connectivity index (χ4n) is 1.44. The molecule has 0 spiro atoms. The van der Waals surface area contributed by atoms with Gasteiger partial charge in [-0.1, -0.05) is 6.07 Å². The van der Waals surface area contributed by atoms with E-state index in [2.05, 4.69) is 26.2 Å². The molecule has 1 heterocycles. The number of aromatic nitrogens is 1. The normalized spacial score (nSPS) is 9.95. The van der Waals surface area contributed by atoms with Crippen LogP contribution in [0, 0.1) is 0 Å². The first-order valence-electron chi connectivity index (χ1n) is 5.32. The molecular formula is C13H9BrN2O3. The Morgan fingerprint density at radius 1 is 1.21 bits per heavy atom. The Kier molecular flexibility index (Phi) is 3.91. The van der Waals surface area contributed by atoms with Crippen molar-refractivity contribution in [1.82, 2.24) is 4.98 Å². The molecule has 0 atom stereocenters. The zero-order valence-electron chi connectivity index (χ0n) is 9.63. The summed E-state index contributed by atoms with van der Waals surface area (Å²) in [6.45, 7) is 0. The van der Waals surface area contributed by atoms with E-state index in [4.69, 9.17) is 5.11 Å². The van der Waals surface area contributed by atoms with Gasteiger partial charge in [0.15, 0.2) is 0 Å². The molecule has 2 aromatic rings. The molecule has 2 N–H and O–H groups in total. The number of benzene rings is 1. The minimum atomic E-state index is -1.04. The van der Waals surface area contributed by atoms with Crippen LogP contribution >= 0.6 is 15.9 Å². The third-order valence-corrected chi connectivity index (χ3v) is 2.80. The van der Waals surface area contributed by atoms with Crippen molar-refractivity contribution in [3.8, 4) is 0 Å². The Hall–Kier alpha value is -2.21. The van der Waals surface area contributed by atoms with Gasteiger partial charge >= 0.3 is 5.97 Å². The van der Waals surface area contributed by atoms with E-state index in [9.17, 15) is 9.59 Å². The highest BCUT2D eigenvalue weighted by atomic mass is 79.9. The van der Waals surface area contributed by atoms with Crippen LogP contribution in [-0.2, 0) is 0 Å². The first-order chi connectivity index (χ1) is 9.06. The molecule has 6 heteroatoms. The number of hydrogen-bond donors (Lipinski definition) is 2. The topological polar surface area (TPSA) is 79.3 Å². The number of amides is 1. The molecule has 2 rings (SSSR count). The maximum atomic E-state index is 11.9. The van der Waals surface area contributed by atoms with Gasteiger partial charge in [-0.3, -0.25) is 4.79 Å². The number of aromatic carboxylic acids is 1. The lowest BCUT2D eigenvalue weighted by atomic mass is 10.2. The van der Waals surface area contributed by atoms with Gasteiger partial charge in [0.2, 0.25) is 0 Å². The highest BCUT2D eigenvalue weighted by molar-refractivity contribution is 9.10. The largest absolute Gasteiger partial charge is 0.478 e. The van der Waals surface area contributed by atoms with Crippen LogP contribution in [0.1, 0.15) is 20.8 Å². The first kappa shape index (κ1) is 13.2. The minimum absolute atomic E-state index is 0.113. The fraction of sp³-hybridized carbons (Fsp3) is 0. The lowest BCUT2D eigenvalue weighted by Crippen LogP contribution is -2.13. The number of carbonyl (C=O) groups is 2. The molecule has 0 unspecified atom stereocenters. The van der Waals surface area contributed by atoms with Crippen molar-refractivity contribution in [2.24, 2.45) is 0 Å². The second-order valence-electron chi connectivity index (χ2n) is 3.70. The van der Waals surface area contributed by atoms with Crippen molar-refractivity contribution in [3.63, 3.8) is 0 Å². The third-order valence-electron chi connectivity index (χ3n) is 2.33. The molecule has 0 radical (unpaired) electrons. The number of halogens is 1. The summed E-state index contributed by atoms with van der Waals surface area (Å²) in [5, 5.41) is 11.5. The van der Waals surface area contributed by atoms with Crippen molar-refractivity contribution in [3.05, 3.63) is 58.3 Å². The third kappa shape index (κ3) is 3.38. The molecule has 0 aliphatic rings. The number of carbonyl (C=O) groups excluding carboxylic acids is 1. The highest BCUT2D eigenvalue weighted by Gasteiger charge is 2.09. The predicted molar refractivity (Wildman–Crippen MR) is 73.3 cm³/mol. The van der Waals surface area contributed by atoms with Gasteiger partial charge in [-0.2, -0.15) is 0 Å². The Morgan fingerprint density at radius 3 is 2.63 bits per heavy atom. The number of carboxylic acid groups (broad SMARTS) is 1. The van der Waals surface area contributed by atoms with Crippen molar-refractivity contribution in [1.29, 1.82) is 0 Å². The van der Waals surface area contributed by atoms with Gasteiger partial charge in [0, 0.05) is 16.4 Å². The Morgan fingerprint density at radius 2 is 2.00 bits per heavy atom. The minimum Gasteiger partial charge on any atom is -0.478 e. The van der Waals surface area contributed by atoms with Crippen LogP contribution in [-0.4, -0.2) is 22.0 Å². The molecule has 0 aliphatic heterocycles. The maximum absolute atomic E-state index is 11.9. The van der Waals surface area contributed by atoms with Gasteiger partial charge in [0.05, 0.1) is 5.56 Å². The SMILES string of the molecule is O=C(O)c1cccc(NC(=O)c2ccc(Br)cn2)c1. The van der Waals surface area contributed by atoms with E-state index in [0.29, 0.717) is 5.69 Å². The lowest BCUT2D eigenvalue weighted by molar-refractivity contribution is 0.0696. The predicted octanol–water partition coefficient (Wildman–Crippen LogP) is 2.79. The number of hydrogen-bond acceptors (Lipinski definition) is 3. The molecule has 0 saturated heterocycles. The highest BCUT2D eigenvalue weighted by Crippen LogP contribution is 2.13. The van der Waals surface area contributed by atoms with E-state index >= 15 is 0 Å². The summed E-state index contributed by atoms with van der Waals surface area (Å²) in [4.78, 5) is 26.6. The van der Waals surface area contributed by atoms with Crippen LogP contribution in [0.15, 0.2) is 47.1 Å². The van der Waals surface area contributed by atoms with Gasteiger partial charge < -0.3 is 10.4 Å². The standard InChI is InChI=1S/C13H9BrN2O3/c14-9-4-5-11(15-7-9)12(17)16-10-3-1-2-8(6-10)13(18)19/h1-7H,(H,16,17)(H,18,19). The van der Waals surface area contributed by atoms with Gasteiger partial charge in [0.25, 0.3) is 5.91 Å². The number of pyridine rings is 1. The summed E-state index contributed by atoms with van der Waals surface area (Å²) < 4.78 is 0.775. The van der Waals surface area contributed by atoms with Crippen LogP contribution in [0.3, 0.4) is 0 Å². The van der Waals surface area contributed by atoms with Crippen molar-refractivity contribution < 1.29 is 14.7 Å². The zero-order chi connectivity index (χ0) is 13.8. The number of nitrogens with zero attached hydrogens (tertiary/aromatic N) is 1. The van der Waals surface area contributed by atoms with Crippen molar-refractivity contribution >= 4 is 33.5 Å². The van der Waals surface area contributed by atoms with E-state index < -0.39 is 11.9 Å². The second-order valence-corrected chi connectivity index (χ2v) is 4.62. The summed E-state index contributed by atoms with van der Waals surface area (Å²) in [5.41, 5.74) is 0.778. The number of anilines is 1. The van der Waals surface area contributed by atoms with Gasteiger partial charge in [0.1, 0.15) is 5.69 Å². The summed E-state index contributed by atoms with van der Waals surface area (Å²) in [6, 6.07) is 9.29. The Labute approximate surface area is 117 Å². The van der Waals surface area contributed by atoms with Gasteiger partial charge in [-0.05, 0) is 46.3 Å². The molecule has 0 saturated carbocycles. The molecule has 1 amide bonds. The van der Waals surface area contributed by atoms with Crippen LogP contribution < -0.4 is 5.32 Å². The lowest BCUT2D eigenvalue weighted by Gasteiger charge is -2.05. The zero-order valence-corrected chi connectivity index (χ0v) is 11.2. The van der Waals surface area contributed by atoms with Crippen LogP contribution in [0.2, 0.25) is 0 Å². The Bertz CT molecular complexity index is 626. The van der Waals surface area contributed by atoms with Crippen LogP contribution in [0.25, 0.3) is 0 Å². The van der Waals surface area contributed by atoms with E-state index in [0.717, 1.165) is 4.47 Å². The number of nitrogens with one attached hydrogen (secondary N) is 1. The van der Waals surface area contributed by atoms with E-state index in [1.807, 2.05) is 0 Å².